The summed E-state index contributed by atoms with van der Waals surface area (Å²) in [5.41, 5.74) is 3.13. The molecule has 0 radical (unpaired) electrons. The second kappa shape index (κ2) is 6.73. The van der Waals surface area contributed by atoms with Gasteiger partial charge >= 0.3 is 0 Å². The molecule has 0 saturated heterocycles. The van der Waals surface area contributed by atoms with E-state index in [0.29, 0.717) is 14.5 Å². The summed E-state index contributed by atoms with van der Waals surface area (Å²) in [5, 5.41) is 22.8. The molecule has 3 N–H and O–H groups in total. The van der Waals surface area contributed by atoms with Crippen LogP contribution in [0.25, 0.3) is 0 Å². The molecule has 0 aliphatic rings. The number of benzene rings is 2. The van der Waals surface area contributed by atoms with Gasteiger partial charge in [0.05, 0.1) is 16.3 Å². The van der Waals surface area contributed by atoms with Crippen molar-refractivity contribution in [3.8, 4) is 11.5 Å². The number of nitrogens with zero attached hydrogens (tertiary/aromatic N) is 1. The lowest BCUT2D eigenvalue weighted by atomic mass is 10.2. The van der Waals surface area contributed by atoms with E-state index in [4.69, 9.17) is 0 Å². The van der Waals surface area contributed by atoms with Crippen LogP contribution in [0, 0.1) is 0 Å². The zero-order valence-corrected chi connectivity index (χ0v) is 13.7. The van der Waals surface area contributed by atoms with E-state index < -0.39 is 5.91 Å². The third kappa shape index (κ3) is 4.05. The van der Waals surface area contributed by atoms with Gasteiger partial charge in [-0.05, 0) is 57.9 Å². The minimum atomic E-state index is -0.525. The Hall–Kier alpha value is -1.86. The highest BCUT2D eigenvalue weighted by molar-refractivity contribution is 9.10. The van der Waals surface area contributed by atoms with Gasteiger partial charge in [-0.2, -0.15) is 5.10 Å². The number of amides is 1. The molecule has 1 amide bonds. The monoisotopic (exact) mass is 412 g/mol. The molecule has 5 nitrogen and oxygen atoms in total. The highest BCUT2D eigenvalue weighted by atomic mass is 79.9. The quantitative estimate of drug-likeness (QED) is 0.532. The molecule has 0 aliphatic heterocycles. The summed E-state index contributed by atoms with van der Waals surface area (Å²) >= 11 is 6.41. The Morgan fingerprint density at radius 3 is 2.52 bits per heavy atom. The largest absolute Gasteiger partial charge is 0.507 e. The van der Waals surface area contributed by atoms with Gasteiger partial charge in [0.2, 0.25) is 0 Å². The maximum atomic E-state index is 11.9. The van der Waals surface area contributed by atoms with Crippen molar-refractivity contribution < 1.29 is 15.0 Å². The topological polar surface area (TPSA) is 81.9 Å². The molecule has 21 heavy (non-hydrogen) atoms. The molecule has 0 heterocycles. The summed E-state index contributed by atoms with van der Waals surface area (Å²) in [6.45, 7) is 0. The van der Waals surface area contributed by atoms with Gasteiger partial charge in [0.15, 0.2) is 0 Å². The van der Waals surface area contributed by atoms with E-state index in [9.17, 15) is 15.0 Å². The summed E-state index contributed by atoms with van der Waals surface area (Å²) in [6.07, 6.45) is 1.43. The standard InChI is InChI=1S/C14H10Br2N2O3/c15-9-2-4-12(19)10(6-9)14(21)18-17-7-8-1-3-13(20)11(16)5-8/h1-7,19-20H,(H,18,21). The first kappa shape index (κ1) is 15.5. The molecule has 2 rings (SSSR count). The normalized spacial score (nSPS) is 10.8. The van der Waals surface area contributed by atoms with Crippen LogP contribution in [0.5, 0.6) is 11.5 Å². The third-order valence-corrected chi connectivity index (χ3v) is 3.68. The molecule has 2 aromatic carbocycles. The number of rotatable bonds is 3. The number of phenolic OH excluding ortho intramolecular Hbond substituents is 2. The van der Waals surface area contributed by atoms with Crippen LogP contribution >= 0.6 is 31.9 Å². The van der Waals surface area contributed by atoms with Crippen LogP contribution in [0.1, 0.15) is 15.9 Å². The van der Waals surface area contributed by atoms with Crippen molar-refractivity contribution >= 4 is 44.0 Å². The molecule has 2 aromatic rings. The summed E-state index contributed by atoms with van der Waals surface area (Å²) in [5.74, 6) is -0.531. The maximum absolute atomic E-state index is 11.9. The lowest BCUT2D eigenvalue weighted by molar-refractivity contribution is 0.0952. The number of nitrogens with one attached hydrogen (secondary N) is 1. The Bertz CT molecular complexity index is 717. The number of hydrogen-bond donors (Lipinski definition) is 3. The van der Waals surface area contributed by atoms with Crippen molar-refractivity contribution in [2.24, 2.45) is 5.10 Å². The van der Waals surface area contributed by atoms with Crippen LogP contribution in [0.2, 0.25) is 0 Å². The molecule has 0 fully saturated rings. The molecular formula is C14H10Br2N2O3. The number of halogens is 2. The van der Waals surface area contributed by atoms with Gasteiger partial charge in [0.25, 0.3) is 5.91 Å². The predicted octanol–water partition coefficient (Wildman–Crippen LogP) is 3.39. The molecule has 7 heteroatoms. The number of hydrogen-bond acceptors (Lipinski definition) is 4. The predicted molar refractivity (Wildman–Crippen MR) is 86.7 cm³/mol. The Kier molecular flexibility index (Phi) is 4.98. The van der Waals surface area contributed by atoms with Crippen LogP contribution in [0.15, 0.2) is 50.4 Å². The average Bonchev–Trinajstić information content (AvgIpc) is 2.45. The number of hydrazone groups is 1. The minimum Gasteiger partial charge on any atom is -0.507 e. The van der Waals surface area contributed by atoms with Crippen LogP contribution in [-0.2, 0) is 0 Å². The highest BCUT2D eigenvalue weighted by Crippen LogP contribution is 2.23. The second-order valence-corrected chi connectivity index (χ2v) is 5.84. The number of carbonyl (C=O) groups excluding carboxylic acids is 1. The van der Waals surface area contributed by atoms with Gasteiger partial charge in [-0.1, -0.05) is 15.9 Å². The summed E-state index contributed by atoms with van der Waals surface area (Å²) in [7, 11) is 0. The fraction of sp³-hybridized carbons (Fsp3) is 0. The molecule has 0 spiro atoms. The van der Waals surface area contributed by atoms with Crippen molar-refractivity contribution in [3.63, 3.8) is 0 Å². The molecule has 108 valence electrons. The smallest absolute Gasteiger partial charge is 0.275 e. The van der Waals surface area contributed by atoms with Crippen molar-refractivity contribution in [2.75, 3.05) is 0 Å². The van der Waals surface area contributed by atoms with Crippen molar-refractivity contribution in [2.45, 2.75) is 0 Å². The SMILES string of the molecule is O=C(NN=Cc1ccc(O)c(Br)c1)c1cc(Br)ccc1O. The third-order valence-electron chi connectivity index (χ3n) is 2.55. The van der Waals surface area contributed by atoms with Gasteiger partial charge in [0, 0.05) is 4.47 Å². The number of aromatic hydroxyl groups is 2. The summed E-state index contributed by atoms with van der Waals surface area (Å²) in [6, 6.07) is 9.35. The summed E-state index contributed by atoms with van der Waals surface area (Å²) < 4.78 is 1.21. The number of phenols is 2. The molecule has 0 aliphatic carbocycles. The van der Waals surface area contributed by atoms with Crippen LogP contribution < -0.4 is 5.43 Å². The van der Waals surface area contributed by atoms with E-state index in [2.05, 4.69) is 42.4 Å². The van der Waals surface area contributed by atoms with E-state index >= 15 is 0 Å². The zero-order chi connectivity index (χ0) is 15.4. The van der Waals surface area contributed by atoms with E-state index in [0.717, 1.165) is 0 Å². The van der Waals surface area contributed by atoms with Crippen molar-refractivity contribution in [1.82, 2.24) is 5.43 Å². The van der Waals surface area contributed by atoms with Gasteiger partial charge in [-0.25, -0.2) is 5.43 Å². The average molecular weight is 414 g/mol. The maximum Gasteiger partial charge on any atom is 0.275 e. The van der Waals surface area contributed by atoms with E-state index in [-0.39, 0.29) is 17.1 Å². The molecular weight excluding hydrogens is 404 g/mol. The van der Waals surface area contributed by atoms with E-state index in [1.165, 1.54) is 24.4 Å². The first-order valence-electron chi connectivity index (χ1n) is 5.78. The Labute approximate surface area is 137 Å². The highest BCUT2D eigenvalue weighted by Gasteiger charge is 2.10. The van der Waals surface area contributed by atoms with Crippen LogP contribution in [0.4, 0.5) is 0 Å². The Balaban J connectivity index is 2.08. The van der Waals surface area contributed by atoms with Crippen LogP contribution in [-0.4, -0.2) is 22.3 Å². The molecule has 0 bridgehead atoms. The minimum absolute atomic E-state index is 0.119. The van der Waals surface area contributed by atoms with Gasteiger partial charge in [-0.3, -0.25) is 4.79 Å². The molecule has 0 saturated carbocycles. The Morgan fingerprint density at radius 2 is 1.81 bits per heavy atom. The first-order valence-corrected chi connectivity index (χ1v) is 7.36. The first-order chi connectivity index (χ1) is 9.97. The Morgan fingerprint density at radius 1 is 1.10 bits per heavy atom. The zero-order valence-electron chi connectivity index (χ0n) is 10.5. The van der Waals surface area contributed by atoms with Crippen LogP contribution in [0.3, 0.4) is 0 Å². The van der Waals surface area contributed by atoms with E-state index in [1.54, 1.807) is 18.2 Å². The fourth-order valence-electron chi connectivity index (χ4n) is 1.52. The fourth-order valence-corrected chi connectivity index (χ4v) is 2.28. The van der Waals surface area contributed by atoms with Crippen molar-refractivity contribution in [3.05, 3.63) is 56.5 Å². The molecule has 0 atom stereocenters. The molecule has 0 aromatic heterocycles. The second-order valence-electron chi connectivity index (χ2n) is 4.07. The lowest BCUT2D eigenvalue weighted by Gasteiger charge is -2.03. The van der Waals surface area contributed by atoms with Crippen molar-refractivity contribution in [1.29, 1.82) is 0 Å². The summed E-state index contributed by atoms with van der Waals surface area (Å²) in [4.78, 5) is 11.9. The van der Waals surface area contributed by atoms with Gasteiger partial charge in [-0.15, -0.1) is 0 Å². The van der Waals surface area contributed by atoms with Gasteiger partial charge < -0.3 is 10.2 Å². The number of carbonyl (C=O) groups is 1. The van der Waals surface area contributed by atoms with E-state index in [1.807, 2.05) is 0 Å². The molecule has 0 unspecified atom stereocenters. The van der Waals surface area contributed by atoms with Gasteiger partial charge in [0.1, 0.15) is 11.5 Å². The lowest BCUT2D eigenvalue weighted by Crippen LogP contribution is -2.17.